The van der Waals surface area contributed by atoms with E-state index in [0.29, 0.717) is 30.1 Å². The van der Waals surface area contributed by atoms with Crippen molar-refractivity contribution in [3.05, 3.63) is 82.6 Å². The first-order valence-electron chi connectivity index (χ1n) is 14.0. The van der Waals surface area contributed by atoms with Crippen LogP contribution in [-0.2, 0) is 4.79 Å². The van der Waals surface area contributed by atoms with E-state index >= 15 is 4.39 Å². The van der Waals surface area contributed by atoms with Gasteiger partial charge in [-0.25, -0.2) is 9.38 Å². The monoisotopic (exact) mass is 623 g/mol. The van der Waals surface area contributed by atoms with E-state index in [1.807, 2.05) is 14.1 Å². The highest BCUT2D eigenvalue weighted by molar-refractivity contribution is 6.40. The number of aromatic nitrogens is 1. The molecule has 0 saturated carbocycles. The van der Waals surface area contributed by atoms with Crippen LogP contribution in [0.4, 0.5) is 14.5 Å². The van der Waals surface area contributed by atoms with Gasteiger partial charge in [0.1, 0.15) is 5.75 Å². The number of pyridine rings is 1. The van der Waals surface area contributed by atoms with Gasteiger partial charge in [0.15, 0.2) is 11.6 Å². The fourth-order valence-electron chi connectivity index (χ4n) is 4.76. The first kappa shape index (κ1) is 31.2. The van der Waals surface area contributed by atoms with Gasteiger partial charge in [0.2, 0.25) is 11.5 Å². The standard InChI is InChI=1S/C31H32ClF2N7O3/c1-31(36-19-25(38-31)23-6-7-26(28(34)27(23)33)44-21-8-10-35-11-9-21)30(43)37-20-4-5-22(24(32)18-20)29(42)41-16-14-40(15-17-41)13-12-39(2)3/h4-11,18-19H,12-17H2,1-3H3,(H,37,43). The number of nitrogens with zero attached hydrogens (tertiary/aromatic N) is 6. The molecule has 2 amide bonds. The van der Waals surface area contributed by atoms with E-state index in [1.54, 1.807) is 17.0 Å². The van der Waals surface area contributed by atoms with E-state index in [4.69, 9.17) is 16.3 Å². The van der Waals surface area contributed by atoms with Gasteiger partial charge in [0.25, 0.3) is 11.8 Å². The maximum Gasteiger partial charge on any atom is 0.274 e. The van der Waals surface area contributed by atoms with Crippen molar-refractivity contribution < 1.29 is 23.1 Å². The molecule has 13 heteroatoms. The molecule has 2 aliphatic heterocycles. The number of amides is 2. The zero-order chi connectivity index (χ0) is 31.4. The molecule has 1 atom stereocenters. The number of piperazine rings is 1. The van der Waals surface area contributed by atoms with Gasteiger partial charge in [0.05, 0.1) is 22.5 Å². The van der Waals surface area contributed by atoms with Crippen molar-refractivity contribution in [2.24, 2.45) is 9.98 Å². The van der Waals surface area contributed by atoms with Gasteiger partial charge in [-0.1, -0.05) is 11.6 Å². The Morgan fingerprint density at radius 2 is 1.77 bits per heavy atom. The van der Waals surface area contributed by atoms with Crippen molar-refractivity contribution in [1.29, 1.82) is 0 Å². The van der Waals surface area contributed by atoms with Crippen LogP contribution >= 0.6 is 11.6 Å². The SMILES string of the molecule is CN(C)CCN1CCN(C(=O)c2ccc(NC(=O)C3(C)N=CC(c4ccc(Oc5ccncc5)c(F)c4F)=N3)cc2Cl)CC1. The Morgan fingerprint density at radius 3 is 2.45 bits per heavy atom. The number of halogens is 3. The van der Waals surface area contributed by atoms with Gasteiger partial charge >= 0.3 is 0 Å². The molecule has 0 spiro atoms. The fourth-order valence-corrected chi connectivity index (χ4v) is 5.02. The Morgan fingerprint density at radius 1 is 1.05 bits per heavy atom. The van der Waals surface area contributed by atoms with Crippen molar-refractivity contribution in [3.63, 3.8) is 0 Å². The Kier molecular flexibility index (Phi) is 9.33. The fraction of sp³-hybridized carbons (Fsp3) is 0.323. The summed E-state index contributed by atoms with van der Waals surface area (Å²) in [5.41, 5.74) is -1.15. The van der Waals surface area contributed by atoms with E-state index in [0.717, 1.165) is 26.2 Å². The summed E-state index contributed by atoms with van der Waals surface area (Å²) in [5.74, 6) is -3.20. The third kappa shape index (κ3) is 6.93. The molecule has 1 aromatic heterocycles. The molecule has 1 saturated heterocycles. The molecule has 2 aliphatic rings. The lowest BCUT2D eigenvalue weighted by Gasteiger charge is -2.35. The molecule has 0 aliphatic carbocycles. The quantitative estimate of drug-likeness (QED) is 0.380. The first-order chi connectivity index (χ1) is 21.0. The minimum Gasteiger partial charge on any atom is -0.454 e. The molecule has 3 aromatic rings. The van der Waals surface area contributed by atoms with Crippen LogP contribution in [-0.4, -0.2) is 102 Å². The molecule has 230 valence electrons. The topological polar surface area (TPSA) is 103 Å². The number of nitrogens with one attached hydrogen (secondary N) is 1. The van der Waals surface area contributed by atoms with Crippen LogP contribution < -0.4 is 10.1 Å². The highest BCUT2D eigenvalue weighted by Crippen LogP contribution is 2.30. The van der Waals surface area contributed by atoms with Gasteiger partial charge < -0.3 is 19.9 Å². The molecule has 44 heavy (non-hydrogen) atoms. The maximum absolute atomic E-state index is 15.0. The molecule has 0 radical (unpaired) electrons. The van der Waals surface area contributed by atoms with Crippen LogP contribution in [0.25, 0.3) is 0 Å². The molecule has 2 aromatic carbocycles. The zero-order valence-electron chi connectivity index (χ0n) is 24.6. The summed E-state index contributed by atoms with van der Waals surface area (Å²) in [6.07, 6.45) is 4.15. The summed E-state index contributed by atoms with van der Waals surface area (Å²) in [7, 11) is 4.07. The second kappa shape index (κ2) is 13.2. The van der Waals surface area contributed by atoms with Crippen LogP contribution in [0.2, 0.25) is 5.02 Å². The number of benzene rings is 2. The van der Waals surface area contributed by atoms with Crippen LogP contribution in [0.5, 0.6) is 11.5 Å². The summed E-state index contributed by atoms with van der Waals surface area (Å²) in [6, 6.07) is 10.2. The van der Waals surface area contributed by atoms with Gasteiger partial charge in [-0.2, -0.15) is 4.39 Å². The maximum atomic E-state index is 15.0. The van der Waals surface area contributed by atoms with Crippen LogP contribution in [0, 0.1) is 11.6 Å². The lowest BCUT2D eigenvalue weighted by Crippen LogP contribution is -2.50. The number of rotatable bonds is 9. The second-order valence-electron chi connectivity index (χ2n) is 10.9. The lowest BCUT2D eigenvalue weighted by atomic mass is 10.1. The number of anilines is 1. The van der Waals surface area contributed by atoms with E-state index in [-0.39, 0.29) is 28.0 Å². The summed E-state index contributed by atoms with van der Waals surface area (Å²) in [6.45, 7) is 6.11. The van der Waals surface area contributed by atoms with E-state index in [9.17, 15) is 14.0 Å². The second-order valence-corrected chi connectivity index (χ2v) is 11.3. The largest absolute Gasteiger partial charge is 0.454 e. The number of ether oxygens (including phenoxy) is 1. The van der Waals surface area contributed by atoms with Crippen molar-refractivity contribution in [3.8, 4) is 11.5 Å². The van der Waals surface area contributed by atoms with E-state index in [2.05, 4.69) is 30.1 Å². The zero-order valence-corrected chi connectivity index (χ0v) is 25.3. The average molecular weight is 624 g/mol. The normalized spacial score (nSPS) is 18.4. The van der Waals surface area contributed by atoms with Gasteiger partial charge in [-0.15, -0.1) is 0 Å². The molecule has 1 unspecified atom stereocenters. The van der Waals surface area contributed by atoms with E-state index in [1.165, 1.54) is 55.9 Å². The highest BCUT2D eigenvalue weighted by Gasteiger charge is 2.37. The van der Waals surface area contributed by atoms with Crippen molar-refractivity contribution in [2.45, 2.75) is 12.6 Å². The summed E-state index contributed by atoms with van der Waals surface area (Å²) < 4.78 is 35.3. The highest BCUT2D eigenvalue weighted by atomic mass is 35.5. The Balaban J connectivity index is 1.23. The minimum absolute atomic E-state index is 0.00435. The summed E-state index contributed by atoms with van der Waals surface area (Å²) in [4.78, 5) is 44.9. The smallest absolute Gasteiger partial charge is 0.274 e. The molecule has 5 rings (SSSR count). The summed E-state index contributed by atoms with van der Waals surface area (Å²) >= 11 is 6.47. The molecular weight excluding hydrogens is 592 g/mol. The lowest BCUT2D eigenvalue weighted by molar-refractivity contribution is -0.120. The average Bonchev–Trinajstić information content (AvgIpc) is 3.42. The van der Waals surface area contributed by atoms with Crippen molar-refractivity contribution in [2.75, 3.05) is 58.7 Å². The number of carbonyl (C=O) groups excluding carboxylic acids is 2. The van der Waals surface area contributed by atoms with Crippen LogP contribution in [0.3, 0.4) is 0 Å². The minimum atomic E-state index is -1.64. The molecule has 0 bridgehead atoms. The van der Waals surface area contributed by atoms with Crippen LogP contribution in [0.15, 0.2) is 64.8 Å². The molecular formula is C31H32ClF2N7O3. The van der Waals surface area contributed by atoms with Gasteiger partial charge in [-0.05, 0) is 63.5 Å². The predicted molar refractivity (Wildman–Crippen MR) is 165 cm³/mol. The molecule has 1 fully saturated rings. The molecule has 3 heterocycles. The number of hydrogen-bond acceptors (Lipinski definition) is 8. The predicted octanol–water partition coefficient (Wildman–Crippen LogP) is 4.35. The number of likely N-dealkylation sites (N-methyl/N-ethyl adjacent to an activating group) is 1. The van der Waals surface area contributed by atoms with Gasteiger partial charge in [-0.3, -0.25) is 24.5 Å². The van der Waals surface area contributed by atoms with Crippen molar-refractivity contribution >= 4 is 41.0 Å². The Hall–Kier alpha value is -4.26. The molecule has 1 N–H and O–H groups in total. The number of carbonyl (C=O) groups is 2. The van der Waals surface area contributed by atoms with Crippen LogP contribution in [0.1, 0.15) is 22.8 Å². The Bertz CT molecular complexity index is 1610. The van der Waals surface area contributed by atoms with Gasteiger partial charge in [0, 0.05) is 62.9 Å². The Labute approximate surface area is 259 Å². The molecule has 10 nitrogen and oxygen atoms in total. The number of hydrogen-bond donors (Lipinski definition) is 1. The third-order valence-corrected chi connectivity index (χ3v) is 7.70. The van der Waals surface area contributed by atoms with Crippen molar-refractivity contribution in [1.82, 2.24) is 19.7 Å². The first-order valence-corrected chi connectivity index (χ1v) is 14.4. The third-order valence-electron chi connectivity index (χ3n) is 7.39. The number of aliphatic imine (C=N–C) groups is 2. The summed E-state index contributed by atoms with van der Waals surface area (Å²) in [5, 5.41) is 2.89. The van der Waals surface area contributed by atoms with E-state index < -0.39 is 23.2 Å².